The van der Waals surface area contributed by atoms with Crippen molar-refractivity contribution in [2.75, 3.05) is 12.8 Å². The van der Waals surface area contributed by atoms with Gasteiger partial charge in [-0.3, -0.25) is 4.99 Å². The monoisotopic (exact) mass is 374 g/mol. The van der Waals surface area contributed by atoms with Gasteiger partial charge in [0.1, 0.15) is 16.2 Å². The van der Waals surface area contributed by atoms with Crippen LogP contribution in [0.3, 0.4) is 0 Å². The molecule has 26 heavy (non-hydrogen) atoms. The molecule has 0 radical (unpaired) electrons. The summed E-state index contributed by atoms with van der Waals surface area (Å²) in [5, 5.41) is 11.2. The molecular formula is C18H16F2N4OS. The number of anilines is 1. The van der Waals surface area contributed by atoms with Gasteiger partial charge in [-0.1, -0.05) is 0 Å². The number of alkyl halides is 2. The molecule has 1 saturated carbocycles. The van der Waals surface area contributed by atoms with Crippen LogP contribution in [-0.4, -0.2) is 34.3 Å². The molecule has 3 heterocycles. The molecule has 3 N–H and O–H groups in total. The molecule has 0 spiro atoms. The number of thiophene rings is 1. The smallest absolute Gasteiger partial charge is 0.254 e. The predicted molar refractivity (Wildman–Crippen MR) is 98.9 cm³/mol. The molecule has 0 aromatic carbocycles. The van der Waals surface area contributed by atoms with Crippen LogP contribution in [0.15, 0.2) is 35.5 Å². The largest absolute Gasteiger partial charge is 0.384 e. The summed E-state index contributed by atoms with van der Waals surface area (Å²) in [6.07, 6.45) is 2.17. The maximum Gasteiger partial charge on any atom is 0.254 e. The molecule has 1 aliphatic carbocycles. The van der Waals surface area contributed by atoms with Crippen LogP contribution in [0.25, 0.3) is 21.5 Å². The number of pyridine rings is 2. The number of fused-ring (bicyclic) bond motifs is 1. The standard InChI is InChI=1S/C18H16F2N4OS/c1-22-6-12-4-11(7-23-15(12)21)13-3-2-10-5-14(26-16(10)24-13)17(25)8-18(19,20)9-17/h2-7,25H,8-9H2,1H3,(H2,21,23). The Labute approximate surface area is 152 Å². The quantitative estimate of drug-likeness (QED) is 0.686. The number of halogens is 2. The predicted octanol–water partition coefficient (Wildman–Crippen LogP) is 3.61. The Morgan fingerprint density at radius 3 is 2.77 bits per heavy atom. The van der Waals surface area contributed by atoms with E-state index in [1.807, 2.05) is 18.2 Å². The van der Waals surface area contributed by atoms with Crippen molar-refractivity contribution in [2.24, 2.45) is 4.99 Å². The van der Waals surface area contributed by atoms with Crippen molar-refractivity contribution in [1.82, 2.24) is 9.97 Å². The molecule has 134 valence electrons. The van der Waals surface area contributed by atoms with Crippen LogP contribution in [0.2, 0.25) is 0 Å². The minimum atomic E-state index is -2.80. The van der Waals surface area contributed by atoms with E-state index in [-0.39, 0.29) is 0 Å². The van der Waals surface area contributed by atoms with E-state index in [0.29, 0.717) is 26.8 Å². The number of nitrogens with two attached hydrogens (primary N) is 1. The minimum absolute atomic E-state index is 0.381. The van der Waals surface area contributed by atoms with Gasteiger partial charge in [-0.2, -0.15) is 0 Å². The average molecular weight is 374 g/mol. The lowest BCUT2D eigenvalue weighted by molar-refractivity contribution is -0.208. The van der Waals surface area contributed by atoms with Crippen molar-refractivity contribution in [3.63, 3.8) is 0 Å². The van der Waals surface area contributed by atoms with Crippen LogP contribution < -0.4 is 5.73 Å². The Morgan fingerprint density at radius 1 is 1.31 bits per heavy atom. The lowest BCUT2D eigenvalue weighted by Crippen LogP contribution is -2.48. The number of hydrogen-bond donors (Lipinski definition) is 2. The minimum Gasteiger partial charge on any atom is -0.384 e. The van der Waals surface area contributed by atoms with Crippen LogP contribution in [-0.2, 0) is 5.60 Å². The second kappa shape index (κ2) is 5.78. The molecule has 0 amide bonds. The van der Waals surface area contributed by atoms with Crippen molar-refractivity contribution < 1.29 is 13.9 Å². The number of aliphatic hydroxyl groups is 1. The summed E-state index contributed by atoms with van der Waals surface area (Å²) in [7, 11) is 1.65. The second-order valence-electron chi connectivity index (χ2n) is 6.53. The summed E-state index contributed by atoms with van der Waals surface area (Å²) in [6, 6.07) is 7.28. The van der Waals surface area contributed by atoms with E-state index < -0.39 is 24.4 Å². The third kappa shape index (κ3) is 2.85. The number of nitrogen functional groups attached to an aromatic ring is 1. The molecule has 0 saturated heterocycles. The zero-order valence-electron chi connectivity index (χ0n) is 13.9. The van der Waals surface area contributed by atoms with E-state index in [0.717, 1.165) is 10.9 Å². The maximum absolute atomic E-state index is 13.2. The Morgan fingerprint density at radius 2 is 2.08 bits per heavy atom. The highest BCUT2D eigenvalue weighted by Gasteiger charge is 2.57. The molecule has 0 atom stereocenters. The Hall–Kier alpha value is -2.45. The van der Waals surface area contributed by atoms with Crippen molar-refractivity contribution in [1.29, 1.82) is 0 Å². The number of rotatable bonds is 3. The molecule has 3 aromatic rings. The first-order chi connectivity index (χ1) is 12.3. The second-order valence-corrected chi connectivity index (χ2v) is 7.56. The van der Waals surface area contributed by atoms with E-state index >= 15 is 0 Å². The highest BCUT2D eigenvalue weighted by Crippen LogP contribution is 2.53. The van der Waals surface area contributed by atoms with Gasteiger partial charge in [-0.25, -0.2) is 18.7 Å². The van der Waals surface area contributed by atoms with Gasteiger partial charge < -0.3 is 10.8 Å². The summed E-state index contributed by atoms with van der Waals surface area (Å²) >= 11 is 1.24. The summed E-state index contributed by atoms with van der Waals surface area (Å²) in [6.45, 7) is 0. The zero-order chi connectivity index (χ0) is 18.5. The molecular weight excluding hydrogens is 358 g/mol. The highest BCUT2D eigenvalue weighted by atomic mass is 32.1. The van der Waals surface area contributed by atoms with Crippen LogP contribution in [0.5, 0.6) is 0 Å². The van der Waals surface area contributed by atoms with Gasteiger partial charge in [-0.15, -0.1) is 11.3 Å². The fourth-order valence-electron chi connectivity index (χ4n) is 3.16. The van der Waals surface area contributed by atoms with Gasteiger partial charge in [0.05, 0.1) is 5.69 Å². The molecule has 0 unspecified atom stereocenters. The van der Waals surface area contributed by atoms with E-state index in [1.54, 1.807) is 25.5 Å². The number of nitrogens with zero attached hydrogens (tertiary/aromatic N) is 3. The summed E-state index contributed by atoms with van der Waals surface area (Å²) < 4.78 is 26.4. The van der Waals surface area contributed by atoms with Gasteiger partial charge >= 0.3 is 0 Å². The first-order valence-electron chi connectivity index (χ1n) is 7.99. The van der Waals surface area contributed by atoms with Gasteiger partial charge in [-0.05, 0) is 24.3 Å². The van der Waals surface area contributed by atoms with Crippen molar-refractivity contribution in [3.8, 4) is 11.3 Å². The number of hydrogen-bond acceptors (Lipinski definition) is 6. The third-order valence-electron chi connectivity index (χ3n) is 4.46. The van der Waals surface area contributed by atoms with Crippen molar-refractivity contribution in [2.45, 2.75) is 24.4 Å². The molecule has 3 aromatic heterocycles. The molecule has 8 heteroatoms. The van der Waals surface area contributed by atoms with Crippen molar-refractivity contribution in [3.05, 3.63) is 40.9 Å². The van der Waals surface area contributed by atoms with Gasteiger partial charge in [0, 0.05) is 53.7 Å². The Kier molecular flexibility index (Phi) is 3.78. The van der Waals surface area contributed by atoms with E-state index in [1.165, 1.54) is 11.3 Å². The van der Waals surface area contributed by atoms with E-state index in [4.69, 9.17) is 5.73 Å². The van der Waals surface area contributed by atoms with Gasteiger partial charge in [0.15, 0.2) is 0 Å². The first-order valence-corrected chi connectivity index (χ1v) is 8.81. The summed E-state index contributed by atoms with van der Waals surface area (Å²) in [4.78, 5) is 13.9. The topological polar surface area (TPSA) is 84.4 Å². The lowest BCUT2D eigenvalue weighted by atomic mass is 9.75. The molecule has 4 rings (SSSR count). The Bertz CT molecular complexity index is 1020. The fraction of sp³-hybridized carbons (Fsp3) is 0.278. The number of aromatic nitrogens is 2. The van der Waals surface area contributed by atoms with Crippen LogP contribution in [0.1, 0.15) is 23.3 Å². The Balaban J connectivity index is 1.72. The number of aliphatic imine (C=N–C) groups is 1. The SMILES string of the molecule is CN=Cc1cc(-c2ccc3cc(C4(O)CC(F)(F)C4)sc3n2)cnc1N. The van der Waals surface area contributed by atoms with Gasteiger partial charge in [0.25, 0.3) is 5.92 Å². The van der Waals surface area contributed by atoms with Crippen molar-refractivity contribution >= 4 is 33.6 Å². The molecule has 5 nitrogen and oxygen atoms in total. The molecule has 0 bridgehead atoms. The van der Waals surface area contributed by atoms with Crippen LogP contribution in [0, 0.1) is 0 Å². The van der Waals surface area contributed by atoms with Crippen LogP contribution >= 0.6 is 11.3 Å². The molecule has 1 fully saturated rings. The van der Waals surface area contributed by atoms with E-state index in [9.17, 15) is 13.9 Å². The normalized spacial score (nSPS) is 18.3. The van der Waals surface area contributed by atoms with E-state index in [2.05, 4.69) is 15.0 Å². The fourth-order valence-corrected chi connectivity index (χ4v) is 4.28. The summed E-state index contributed by atoms with van der Waals surface area (Å²) in [5.41, 5.74) is 6.54. The first kappa shape index (κ1) is 17.0. The van der Waals surface area contributed by atoms with Crippen LogP contribution in [0.4, 0.5) is 14.6 Å². The average Bonchev–Trinajstić information content (AvgIpc) is 2.99. The highest BCUT2D eigenvalue weighted by molar-refractivity contribution is 7.18. The lowest BCUT2D eigenvalue weighted by Gasteiger charge is -2.42. The zero-order valence-corrected chi connectivity index (χ0v) is 14.7. The van der Waals surface area contributed by atoms with Gasteiger partial charge in [0.2, 0.25) is 0 Å². The third-order valence-corrected chi connectivity index (χ3v) is 5.70. The maximum atomic E-state index is 13.2. The molecule has 0 aliphatic heterocycles. The molecule has 1 aliphatic rings. The summed E-state index contributed by atoms with van der Waals surface area (Å²) in [5.74, 6) is -2.41.